The van der Waals surface area contributed by atoms with Crippen molar-refractivity contribution in [2.24, 2.45) is 5.92 Å². The van der Waals surface area contributed by atoms with Crippen molar-refractivity contribution in [3.05, 3.63) is 12.2 Å². The second-order valence-corrected chi connectivity index (χ2v) is 12.3. The van der Waals surface area contributed by atoms with Crippen molar-refractivity contribution in [3.63, 3.8) is 0 Å². The SMILES string of the molecule is CC(C)(C)[S+]([O-])N[C@@H]1C/C=C/C(CN2CCOCC2)CSC2O[C@H]1C(O)C(O)[C@H]2O. The highest BCUT2D eigenvalue weighted by atomic mass is 32.2. The third-order valence-corrected chi connectivity index (χ3v) is 8.66. The molecule has 2 saturated heterocycles. The van der Waals surface area contributed by atoms with Crippen LogP contribution in [-0.4, -0.2) is 104 Å². The third-order valence-electron chi connectivity index (χ3n) is 5.69. The van der Waals surface area contributed by atoms with Crippen LogP contribution in [0.25, 0.3) is 0 Å². The summed E-state index contributed by atoms with van der Waals surface area (Å²) in [5, 5.41) is 31.5. The summed E-state index contributed by atoms with van der Waals surface area (Å²) in [7, 11) is 0. The fourth-order valence-corrected chi connectivity index (χ4v) is 5.91. The summed E-state index contributed by atoms with van der Waals surface area (Å²) in [4.78, 5) is 2.37. The molecular weight excluding hydrogens is 428 g/mol. The van der Waals surface area contributed by atoms with E-state index in [1.807, 2.05) is 20.8 Å². The number of nitrogens with one attached hydrogen (secondary N) is 1. The molecule has 3 rings (SSSR count). The normalized spacial score (nSPS) is 41.2. The van der Waals surface area contributed by atoms with Crippen molar-refractivity contribution < 1.29 is 29.3 Å². The number of thioether (sulfide) groups is 1. The van der Waals surface area contributed by atoms with Crippen LogP contribution in [0.15, 0.2) is 12.2 Å². The van der Waals surface area contributed by atoms with Crippen LogP contribution in [0, 0.1) is 5.92 Å². The largest absolute Gasteiger partial charge is 0.598 e. The average molecular weight is 465 g/mol. The number of nitrogens with zero attached hydrogens (tertiary/aromatic N) is 1. The maximum absolute atomic E-state index is 12.7. The first-order valence-corrected chi connectivity index (χ1v) is 12.8. The molecule has 0 aromatic rings. The van der Waals surface area contributed by atoms with Gasteiger partial charge in [0, 0.05) is 36.7 Å². The van der Waals surface area contributed by atoms with E-state index in [1.165, 1.54) is 11.8 Å². The van der Waals surface area contributed by atoms with Gasteiger partial charge in [0.05, 0.1) is 19.3 Å². The number of morpholine rings is 1. The van der Waals surface area contributed by atoms with Gasteiger partial charge in [-0.15, -0.1) is 16.5 Å². The van der Waals surface area contributed by atoms with Crippen LogP contribution in [0.1, 0.15) is 27.2 Å². The van der Waals surface area contributed by atoms with Gasteiger partial charge in [0.15, 0.2) is 0 Å². The highest BCUT2D eigenvalue weighted by Gasteiger charge is 2.48. The van der Waals surface area contributed by atoms with Crippen molar-refractivity contribution >= 4 is 23.1 Å². The first kappa shape index (κ1) is 24.8. The van der Waals surface area contributed by atoms with E-state index in [9.17, 15) is 19.9 Å². The van der Waals surface area contributed by atoms with Gasteiger partial charge in [-0.25, -0.2) is 0 Å². The minimum atomic E-state index is -1.37. The maximum atomic E-state index is 12.7. The summed E-state index contributed by atoms with van der Waals surface area (Å²) in [6, 6.07) is -0.455. The summed E-state index contributed by atoms with van der Waals surface area (Å²) in [6.07, 6.45) is 0.210. The van der Waals surface area contributed by atoms with E-state index in [2.05, 4.69) is 21.8 Å². The molecule has 0 spiro atoms. The Kier molecular flexibility index (Phi) is 8.93. The standard InChI is InChI=1S/C20H36N2O6S2/c1-20(2,3)30(26)21-14-6-4-5-13(11-22-7-9-27-10-8-22)12-29-19-17(25)15(23)16(24)18(14)28-19/h4-5,13-19,21,23-25H,6-12H2,1-3H3/b5-4+/t13?,14-,15?,16?,17-,18-,19?,30?/m1/s1. The average Bonchev–Trinajstić information content (AvgIpc) is 2.70. The minimum Gasteiger partial charge on any atom is -0.598 e. The van der Waals surface area contributed by atoms with Crippen molar-refractivity contribution in [1.82, 2.24) is 9.62 Å². The lowest BCUT2D eigenvalue weighted by Gasteiger charge is -2.44. The highest BCUT2D eigenvalue weighted by Crippen LogP contribution is 2.33. The fraction of sp³-hybridized carbons (Fsp3) is 0.900. The number of rotatable bonds is 4. The van der Waals surface area contributed by atoms with Crippen LogP contribution in [-0.2, 0) is 20.8 Å². The van der Waals surface area contributed by atoms with E-state index in [-0.39, 0.29) is 5.92 Å². The van der Waals surface area contributed by atoms with Gasteiger partial charge in [0.25, 0.3) is 0 Å². The molecule has 2 bridgehead atoms. The van der Waals surface area contributed by atoms with Gasteiger partial charge >= 0.3 is 0 Å². The zero-order valence-corrected chi connectivity index (χ0v) is 19.6. The molecule has 3 aliphatic rings. The molecule has 10 heteroatoms. The van der Waals surface area contributed by atoms with E-state index in [1.54, 1.807) is 0 Å². The number of hydrogen-bond acceptors (Lipinski definition) is 9. The van der Waals surface area contributed by atoms with Crippen molar-refractivity contribution in [1.29, 1.82) is 0 Å². The van der Waals surface area contributed by atoms with Gasteiger partial charge in [0.1, 0.15) is 34.6 Å². The van der Waals surface area contributed by atoms with Gasteiger partial charge in [0.2, 0.25) is 0 Å². The Hall–Kier alpha value is 0.120. The molecule has 0 aliphatic carbocycles. The predicted octanol–water partition coefficient (Wildman–Crippen LogP) is -0.144. The molecule has 8 nitrogen and oxygen atoms in total. The number of aliphatic hydroxyl groups excluding tert-OH is 3. The van der Waals surface area contributed by atoms with E-state index >= 15 is 0 Å². The molecule has 0 radical (unpaired) electrons. The Balaban J connectivity index is 1.77. The minimum absolute atomic E-state index is 0.248. The van der Waals surface area contributed by atoms with Crippen LogP contribution in [0.3, 0.4) is 0 Å². The van der Waals surface area contributed by atoms with Crippen LogP contribution in [0.5, 0.6) is 0 Å². The smallest absolute Gasteiger partial charge is 0.136 e. The van der Waals surface area contributed by atoms with Crippen LogP contribution < -0.4 is 4.72 Å². The number of hydrogen-bond donors (Lipinski definition) is 4. The predicted molar refractivity (Wildman–Crippen MR) is 118 cm³/mol. The number of ether oxygens (including phenoxy) is 2. The lowest BCUT2D eigenvalue weighted by molar-refractivity contribution is -0.203. The fourth-order valence-electron chi connectivity index (χ4n) is 3.83. The van der Waals surface area contributed by atoms with Gasteiger partial charge < -0.3 is 29.3 Å². The first-order valence-electron chi connectivity index (χ1n) is 10.6. The van der Waals surface area contributed by atoms with Crippen molar-refractivity contribution in [2.45, 2.75) is 67.8 Å². The molecular formula is C20H36N2O6S2. The zero-order valence-electron chi connectivity index (χ0n) is 18.0. The molecule has 4 N–H and O–H groups in total. The van der Waals surface area contributed by atoms with Gasteiger partial charge in [-0.1, -0.05) is 12.2 Å². The lowest BCUT2D eigenvalue weighted by atomic mass is 9.93. The van der Waals surface area contributed by atoms with E-state index < -0.39 is 52.0 Å². The Morgan fingerprint density at radius 3 is 2.53 bits per heavy atom. The van der Waals surface area contributed by atoms with Crippen LogP contribution >= 0.6 is 11.8 Å². The summed E-state index contributed by atoms with van der Waals surface area (Å²) < 4.78 is 26.8. The van der Waals surface area contributed by atoms with Crippen molar-refractivity contribution in [3.8, 4) is 0 Å². The monoisotopic (exact) mass is 464 g/mol. The van der Waals surface area contributed by atoms with E-state index in [4.69, 9.17) is 9.47 Å². The van der Waals surface area contributed by atoms with Crippen LogP contribution in [0.4, 0.5) is 0 Å². The first-order chi connectivity index (χ1) is 14.2. The Morgan fingerprint density at radius 1 is 1.17 bits per heavy atom. The zero-order chi connectivity index (χ0) is 21.9. The van der Waals surface area contributed by atoms with E-state index in [0.29, 0.717) is 6.42 Å². The second-order valence-electron chi connectivity index (χ2n) is 9.22. The van der Waals surface area contributed by atoms with Gasteiger partial charge in [-0.2, -0.15) is 0 Å². The molecule has 0 amide bonds. The van der Waals surface area contributed by atoms with Crippen LogP contribution in [0.2, 0.25) is 0 Å². The summed E-state index contributed by atoms with van der Waals surface area (Å²) in [5.41, 5.74) is -0.653. The summed E-state index contributed by atoms with van der Waals surface area (Å²) in [5.74, 6) is 0.982. The maximum Gasteiger partial charge on any atom is 0.136 e. The Morgan fingerprint density at radius 2 is 1.87 bits per heavy atom. The van der Waals surface area contributed by atoms with Crippen molar-refractivity contribution in [2.75, 3.05) is 38.6 Å². The molecule has 0 aromatic heterocycles. The van der Waals surface area contributed by atoms with Gasteiger partial charge in [-0.05, 0) is 33.1 Å². The van der Waals surface area contributed by atoms with Gasteiger partial charge in [-0.3, -0.25) is 4.90 Å². The molecule has 8 atom stereocenters. The molecule has 3 heterocycles. The van der Waals surface area contributed by atoms with E-state index in [0.717, 1.165) is 38.6 Å². The molecule has 0 aromatic carbocycles. The molecule has 5 unspecified atom stereocenters. The third kappa shape index (κ3) is 6.34. The molecule has 2 fully saturated rings. The Bertz CT molecular complexity index is 572. The quantitative estimate of drug-likeness (QED) is 0.333. The summed E-state index contributed by atoms with van der Waals surface area (Å²) >= 11 is 0.0908. The second kappa shape index (κ2) is 10.8. The lowest BCUT2D eigenvalue weighted by Crippen LogP contribution is -2.63. The molecule has 174 valence electrons. The Labute approximate surface area is 186 Å². The number of fused-ring (bicyclic) bond motifs is 2. The summed E-state index contributed by atoms with van der Waals surface area (Å²) in [6.45, 7) is 9.80. The molecule has 0 saturated carbocycles. The number of aliphatic hydroxyl groups is 3. The topological polar surface area (TPSA) is 117 Å². The molecule has 30 heavy (non-hydrogen) atoms. The molecule has 3 aliphatic heterocycles. The highest BCUT2D eigenvalue weighted by molar-refractivity contribution is 7.99.